The average Bonchev–Trinajstić information content (AvgIpc) is 3.48. The van der Waals surface area contributed by atoms with Crippen LogP contribution in [0.5, 0.6) is 28.7 Å². The van der Waals surface area contributed by atoms with Gasteiger partial charge in [-0.1, -0.05) is 0 Å². The number of hydrogen-bond donors (Lipinski definition) is 2. The van der Waals surface area contributed by atoms with Gasteiger partial charge in [0.05, 0.1) is 28.4 Å². The summed E-state index contributed by atoms with van der Waals surface area (Å²) < 4.78 is 21.1. The quantitative estimate of drug-likeness (QED) is 0.775. The number of methoxy groups -OCH3 is 4. The fraction of sp³-hybridized carbons (Fsp3) is 0.350. The molecule has 1 aliphatic rings. The first-order valence-electron chi connectivity index (χ1n) is 8.50. The van der Waals surface area contributed by atoms with Gasteiger partial charge in [0.25, 0.3) is 0 Å². The molecule has 2 aromatic rings. The highest BCUT2D eigenvalue weighted by Crippen LogP contribution is 2.51. The number of amides is 1. The first-order chi connectivity index (χ1) is 13.0. The Labute approximate surface area is 157 Å². The van der Waals surface area contributed by atoms with Crippen molar-refractivity contribution in [3.63, 3.8) is 0 Å². The molecular formula is C20H23NO6. The van der Waals surface area contributed by atoms with E-state index in [0.717, 1.165) is 12.0 Å². The molecule has 0 bridgehead atoms. The summed E-state index contributed by atoms with van der Waals surface area (Å²) >= 11 is 0. The molecule has 1 fully saturated rings. The molecule has 1 aliphatic carbocycles. The van der Waals surface area contributed by atoms with E-state index in [1.807, 2.05) is 12.1 Å². The van der Waals surface area contributed by atoms with Crippen LogP contribution in [0, 0.1) is 5.92 Å². The highest BCUT2D eigenvalue weighted by molar-refractivity contribution is 5.95. The van der Waals surface area contributed by atoms with E-state index in [1.54, 1.807) is 33.5 Å². The van der Waals surface area contributed by atoms with Crippen molar-refractivity contribution in [3.8, 4) is 28.7 Å². The van der Waals surface area contributed by atoms with E-state index in [0.29, 0.717) is 28.7 Å². The number of anilines is 1. The monoisotopic (exact) mass is 373 g/mol. The van der Waals surface area contributed by atoms with Gasteiger partial charge in [-0.2, -0.15) is 0 Å². The Morgan fingerprint density at radius 1 is 0.963 bits per heavy atom. The second-order valence-electron chi connectivity index (χ2n) is 6.28. The Hall–Kier alpha value is -3.09. The maximum absolute atomic E-state index is 12.5. The van der Waals surface area contributed by atoms with Crippen molar-refractivity contribution >= 4 is 11.6 Å². The van der Waals surface area contributed by atoms with Crippen LogP contribution in [0.15, 0.2) is 30.3 Å². The summed E-state index contributed by atoms with van der Waals surface area (Å²) in [4.78, 5) is 12.5. The molecular weight excluding hydrogens is 350 g/mol. The van der Waals surface area contributed by atoms with E-state index >= 15 is 0 Å². The zero-order valence-electron chi connectivity index (χ0n) is 15.7. The highest BCUT2D eigenvalue weighted by atomic mass is 16.5. The van der Waals surface area contributed by atoms with Crippen LogP contribution in [0.2, 0.25) is 0 Å². The van der Waals surface area contributed by atoms with Gasteiger partial charge in [0.2, 0.25) is 11.7 Å². The molecule has 0 saturated heterocycles. The minimum absolute atomic E-state index is 0.0210. The number of ether oxygens (including phenoxy) is 4. The Balaban J connectivity index is 1.73. The van der Waals surface area contributed by atoms with Gasteiger partial charge in [0.1, 0.15) is 0 Å². The number of carbonyl (C=O) groups excluding carboxylic acids is 1. The Morgan fingerprint density at radius 3 is 2.11 bits per heavy atom. The minimum Gasteiger partial charge on any atom is -0.504 e. The maximum Gasteiger partial charge on any atom is 0.228 e. The van der Waals surface area contributed by atoms with Crippen molar-refractivity contribution in [1.82, 2.24) is 0 Å². The van der Waals surface area contributed by atoms with Crippen LogP contribution in [-0.4, -0.2) is 39.5 Å². The van der Waals surface area contributed by atoms with E-state index in [2.05, 4.69) is 5.32 Å². The smallest absolute Gasteiger partial charge is 0.228 e. The molecule has 0 radical (unpaired) electrons. The molecule has 0 heterocycles. The molecule has 1 amide bonds. The molecule has 0 aliphatic heterocycles. The molecule has 7 heteroatoms. The van der Waals surface area contributed by atoms with Gasteiger partial charge in [-0.3, -0.25) is 4.79 Å². The predicted molar refractivity (Wildman–Crippen MR) is 100 cm³/mol. The number of phenolic OH excluding ortho intramolecular Hbond substituents is 1. The number of carbonyl (C=O) groups is 1. The number of benzene rings is 2. The summed E-state index contributed by atoms with van der Waals surface area (Å²) in [6, 6.07) is 8.51. The first-order valence-corrected chi connectivity index (χ1v) is 8.50. The fourth-order valence-electron chi connectivity index (χ4n) is 3.17. The second kappa shape index (κ2) is 7.65. The van der Waals surface area contributed by atoms with Crippen LogP contribution in [0.25, 0.3) is 0 Å². The third-order valence-electron chi connectivity index (χ3n) is 4.69. The zero-order chi connectivity index (χ0) is 19.6. The SMILES string of the molecule is COc1ccc(NC(=O)[C@@H]2C[C@@H]2c2cc(OC)c(OC)c(OC)c2)cc1O. The first kappa shape index (κ1) is 18.7. The molecule has 0 spiro atoms. The van der Waals surface area contributed by atoms with Crippen molar-refractivity contribution in [1.29, 1.82) is 0 Å². The maximum atomic E-state index is 12.5. The standard InChI is InChI=1S/C20H23NO6/c1-24-16-6-5-12(9-15(16)22)21-20(23)14-10-13(14)11-7-17(25-2)19(27-4)18(8-11)26-3/h5-9,13-14,22H,10H2,1-4H3,(H,21,23)/t13-,14-/m1/s1. The van der Waals surface area contributed by atoms with Gasteiger partial charge < -0.3 is 29.4 Å². The van der Waals surface area contributed by atoms with Crippen LogP contribution in [-0.2, 0) is 4.79 Å². The number of hydrogen-bond acceptors (Lipinski definition) is 6. The molecule has 7 nitrogen and oxygen atoms in total. The molecule has 3 rings (SSSR count). The second-order valence-corrected chi connectivity index (χ2v) is 6.28. The van der Waals surface area contributed by atoms with Gasteiger partial charge in [0.15, 0.2) is 23.0 Å². The minimum atomic E-state index is -0.156. The summed E-state index contributed by atoms with van der Waals surface area (Å²) in [7, 11) is 6.15. The molecule has 0 aromatic heterocycles. The Kier molecular flexibility index (Phi) is 5.30. The zero-order valence-corrected chi connectivity index (χ0v) is 15.7. The fourth-order valence-corrected chi connectivity index (χ4v) is 3.17. The van der Waals surface area contributed by atoms with Crippen LogP contribution in [0.3, 0.4) is 0 Å². The summed E-state index contributed by atoms with van der Waals surface area (Å²) in [5.74, 6) is 1.82. The van der Waals surface area contributed by atoms with E-state index < -0.39 is 0 Å². The molecule has 1 saturated carbocycles. The number of aromatic hydroxyl groups is 1. The van der Waals surface area contributed by atoms with Gasteiger partial charge in [-0.05, 0) is 42.2 Å². The molecule has 27 heavy (non-hydrogen) atoms. The number of rotatable bonds is 7. The van der Waals surface area contributed by atoms with E-state index in [-0.39, 0.29) is 23.5 Å². The van der Waals surface area contributed by atoms with Gasteiger partial charge in [-0.25, -0.2) is 0 Å². The lowest BCUT2D eigenvalue weighted by molar-refractivity contribution is -0.117. The van der Waals surface area contributed by atoms with Crippen molar-refractivity contribution < 1.29 is 28.8 Å². The molecule has 0 unspecified atom stereocenters. The third kappa shape index (κ3) is 3.72. The van der Waals surface area contributed by atoms with E-state index in [9.17, 15) is 9.90 Å². The Bertz CT molecular complexity index is 825. The summed E-state index contributed by atoms with van der Waals surface area (Å²) in [5, 5.41) is 12.7. The number of nitrogens with one attached hydrogen (secondary N) is 1. The number of phenols is 1. The van der Waals surface area contributed by atoms with Gasteiger partial charge in [-0.15, -0.1) is 0 Å². The Morgan fingerprint density at radius 2 is 1.59 bits per heavy atom. The van der Waals surface area contributed by atoms with Crippen molar-refractivity contribution in [2.45, 2.75) is 12.3 Å². The van der Waals surface area contributed by atoms with E-state index in [4.69, 9.17) is 18.9 Å². The third-order valence-corrected chi connectivity index (χ3v) is 4.69. The van der Waals surface area contributed by atoms with Gasteiger partial charge in [0, 0.05) is 17.7 Å². The van der Waals surface area contributed by atoms with Crippen LogP contribution in [0.1, 0.15) is 17.9 Å². The molecule has 2 atom stereocenters. The predicted octanol–water partition coefficient (Wildman–Crippen LogP) is 3.17. The van der Waals surface area contributed by atoms with Gasteiger partial charge >= 0.3 is 0 Å². The molecule has 144 valence electrons. The highest BCUT2D eigenvalue weighted by Gasteiger charge is 2.44. The average molecular weight is 373 g/mol. The normalized spacial score (nSPS) is 17.8. The summed E-state index contributed by atoms with van der Waals surface area (Å²) in [6.45, 7) is 0. The summed E-state index contributed by atoms with van der Waals surface area (Å²) in [5.41, 5.74) is 1.48. The lowest BCUT2D eigenvalue weighted by atomic mass is 10.1. The molecule has 2 N–H and O–H groups in total. The lowest BCUT2D eigenvalue weighted by Gasteiger charge is -2.14. The van der Waals surface area contributed by atoms with Crippen LogP contribution < -0.4 is 24.3 Å². The van der Waals surface area contributed by atoms with E-state index in [1.165, 1.54) is 13.2 Å². The van der Waals surface area contributed by atoms with Crippen LogP contribution in [0.4, 0.5) is 5.69 Å². The largest absolute Gasteiger partial charge is 0.504 e. The topological polar surface area (TPSA) is 86.3 Å². The summed E-state index contributed by atoms with van der Waals surface area (Å²) in [6.07, 6.45) is 0.729. The lowest BCUT2D eigenvalue weighted by Crippen LogP contribution is -2.14. The van der Waals surface area contributed by atoms with Crippen molar-refractivity contribution in [2.24, 2.45) is 5.92 Å². The molecule has 2 aromatic carbocycles. The van der Waals surface area contributed by atoms with Crippen molar-refractivity contribution in [2.75, 3.05) is 33.8 Å². The van der Waals surface area contributed by atoms with Crippen molar-refractivity contribution in [3.05, 3.63) is 35.9 Å². The van der Waals surface area contributed by atoms with Crippen LogP contribution >= 0.6 is 0 Å².